The van der Waals surface area contributed by atoms with Gasteiger partial charge in [-0.2, -0.15) is 0 Å². The van der Waals surface area contributed by atoms with Gasteiger partial charge in [0.25, 0.3) is 0 Å². The average Bonchev–Trinajstić information content (AvgIpc) is 2.39. The first-order chi connectivity index (χ1) is 9.44. The molecule has 1 aromatic heterocycles. The summed E-state index contributed by atoms with van der Waals surface area (Å²) in [5, 5.41) is 4.29. The highest BCUT2D eigenvalue weighted by atomic mass is 79.9. The summed E-state index contributed by atoms with van der Waals surface area (Å²) in [6, 6.07) is 8.12. The topological polar surface area (TPSA) is 37.8 Å². The number of rotatable bonds is 4. The van der Waals surface area contributed by atoms with Crippen LogP contribution < -0.4 is 5.32 Å². The molecule has 0 bridgehead atoms. The molecule has 106 valence electrons. The predicted molar refractivity (Wildman–Crippen MR) is 86.9 cm³/mol. The van der Waals surface area contributed by atoms with E-state index in [1.165, 1.54) is 10.5 Å². The number of benzene rings is 1. The Hall–Kier alpha value is -0.910. The van der Waals surface area contributed by atoms with Crippen molar-refractivity contribution in [2.75, 3.05) is 0 Å². The quantitative estimate of drug-likeness (QED) is 0.834. The minimum absolute atomic E-state index is 0.0908. The number of halogens is 1. The Bertz CT molecular complexity index is 567. The van der Waals surface area contributed by atoms with E-state index in [4.69, 9.17) is 0 Å². The number of nitrogens with one attached hydrogen (secondary N) is 1. The van der Waals surface area contributed by atoms with Gasteiger partial charge in [0.05, 0.1) is 0 Å². The number of nitrogens with zero attached hydrogens (tertiary/aromatic N) is 2. The Morgan fingerprint density at radius 2 is 1.90 bits per heavy atom. The lowest BCUT2D eigenvalue weighted by atomic mass is 10.1. The van der Waals surface area contributed by atoms with Crippen LogP contribution in [0.15, 0.2) is 51.2 Å². The van der Waals surface area contributed by atoms with Gasteiger partial charge in [0.15, 0.2) is 5.16 Å². The van der Waals surface area contributed by atoms with E-state index in [1.807, 2.05) is 12.1 Å². The van der Waals surface area contributed by atoms with Crippen LogP contribution in [0.2, 0.25) is 0 Å². The van der Waals surface area contributed by atoms with E-state index < -0.39 is 0 Å². The third kappa shape index (κ3) is 4.89. The summed E-state index contributed by atoms with van der Waals surface area (Å²) in [6.45, 7) is 7.31. The fraction of sp³-hybridized carbons (Fsp3) is 0.333. The summed E-state index contributed by atoms with van der Waals surface area (Å²) < 4.78 is 1.08. The van der Waals surface area contributed by atoms with Crippen LogP contribution in [0, 0.1) is 0 Å². The first-order valence-electron chi connectivity index (χ1n) is 6.42. The van der Waals surface area contributed by atoms with Crippen LogP contribution in [0.25, 0.3) is 0 Å². The van der Waals surface area contributed by atoms with Crippen molar-refractivity contribution >= 4 is 27.7 Å². The maximum absolute atomic E-state index is 4.27. The fourth-order valence-electron chi connectivity index (χ4n) is 1.58. The summed E-state index contributed by atoms with van der Waals surface area (Å²) in [4.78, 5) is 9.71. The predicted octanol–water partition coefficient (Wildman–Crippen LogP) is 4.28. The lowest BCUT2D eigenvalue weighted by Gasteiger charge is -2.21. The number of aromatic nitrogens is 2. The van der Waals surface area contributed by atoms with Crippen LogP contribution >= 0.6 is 27.7 Å². The van der Waals surface area contributed by atoms with Crippen molar-refractivity contribution in [3.63, 3.8) is 0 Å². The van der Waals surface area contributed by atoms with Crippen LogP contribution in [-0.2, 0) is 6.54 Å². The second-order valence-electron chi connectivity index (χ2n) is 5.49. The summed E-state index contributed by atoms with van der Waals surface area (Å²) in [5.41, 5.74) is 1.33. The maximum atomic E-state index is 4.27. The molecule has 0 fully saturated rings. The van der Waals surface area contributed by atoms with Crippen LogP contribution in [0.4, 0.5) is 0 Å². The monoisotopic (exact) mass is 351 g/mol. The number of hydrogen-bond acceptors (Lipinski definition) is 4. The smallest absolute Gasteiger partial charge is 0.192 e. The van der Waals surface area contributed by atoms with Gasteiger partial charge < -0.3 is 5.32 Å². The summed E-state index contributed by atoms with van der Waals surface area (Å²) in [6.07, 6.45) is 3.53. The molecule has 0 spiro atoms. The Labute approximate surface area is 132 Å². The molecule has 0 aliphatic carbocycles. The molecule has 1 heterocycles. The molecule has 0 radical (unpaired) electrons. The van der Waals surface area contributed by atoms with Gasteiger partial charge in [0.1, 0.15) is 0 Å². The molecular weight excluding hydrogens is 334 g/mol. The van der Waals surface area contributed by atoms with Crippen LogP contribution in [0.3, 0.4) is 0 Å². The van der Waals surface area contributed by atoms with E-state index in [0.29, 0.717) is 0 Å². The first kappa shape index (κ1) is 15.5. The molecule has 0 aliphatic rings. The fourth-order valence-corrected chi connectivity index (χ4v) is 2.81. The van der Waals surface area contributed by atoms with Gasteiger partial charge in [-0.3, -0.25) is 0 Å². The minimum Gasteiger partial charge on any atom is -0.308 e. The van der Waals surface area contributed by atoms with Gasteiger partial charge in [-0.15, -0.1) is 0 Å². The van der Waals surface area contributed by atoms with E-state index in [2.05, 4.69) is 64.1 Å². The Kier molecular flexibility index (Phi) is 5.18. The van der Waals surface area contributed by atoms with Gasteiger partial charge >= 0.3 is 0 Å². The summed E-state index contributed by atoms with van der Waals surface area (Å²) in [5.74, 6) is 0. The van der Waals surface area contributed by atoms with E-state index in [0.717, 1.165) is 16.2 Å². The minimum atomic E-state index is 0.0908. The van der Waals surface area contributed by atoms with Crippen LogP contribution in [0.5, 0.6) is 0 Å². The van der Waals surface area contributed by atoms with Gasteiger partial charge in [-0.05, 0) is 62.4 Å². The van der Waals surface area contributed by atoms with Crippen molar-refractivity contribution in [3.8, 4) is 0 Å². The Morgan fingerprint density at radius 3 is 2.55 bits per heavy atom. The molecule has 2 aromatic rings. The molecule has 0 atom stereocenters. The van der Waals surface area contributed by atoms with Gasteiger partial charge in [-0.1, -0.05) is 15.9 Å². The highest BCUT2D eigenvalue weighted by Crippen LogP contribution is 2.30. The van der Waals surface area contributed by atoms with Crippen molar-refractivity contribution < 1.29 is 0 Å². The SMILES string of the molecule is CC(C)(C)NCc1cc(Br)ccc1Sc1ncccn1. The molecule has 5 heteroatoms. The average molecular weight is 352 g/mol. The van der Waals surface area contributed by atoms with E-state index in [9.17, 15) is 0 Å². The Morgan fingerprint density at radius 1 is 1.20 bits per heavy atom. The molecule has 1 N–H and O–H groups in total. The zero-order valence-electron chi connectivity index (χ0n) is 11.9. The molecule has 0 aliphatic heterocycles. The zero-order valence-corrected chi connectivity index (χ0v) is 14.3. The molecule has 3 nitrogen and oxygen atoms in total. The lowest BCUT2D eigenvalue weighted by Crippen LogP contribution is -2.35. The van der Waals surface area contributed by atoms with Gasteiger partial charge in [0, 0.05) is 33.8 Å². The molecule has 0 saturated heterocycles. The highest BCUT2D eigenvalue weighted by Gasteiger charge is 2.12. The van der Waals surface area contributed by atoms with Crippen molar-refractivity contribution in [2.45, 2.75) is 42.9 Å². The number of hydrogen-bond donors (Lipinski definition) is 1. The normalized spacial score (nSPS) is 11.6. The third-order valence-electron chi connectivity index (χ3n) is 2.58. The second kappa shape index (κ2) is 6.70. The zero-order chi connectivity index (χ0) is 14.6. The van der Waals surface area contributed by atoms with Crippen molar-refractivity contribution in [2.24, 2.45) is 0 Å². The standard InChI is InChI=1S/C15H18BrN3S/c1-15(2,3)19-10-11-9-12(16)5-6-13(11)20-14-17-7-4-8-18-14/h4-9,19H,10H2,1-3H3. The Balaban J connectivity index is 2.19. The largest absolute Gasteiger partial charge is 0.308 e. The second-order valence-corrected chi connectivity index (χ2v) is 7.41. The summed E-state index contributed by atoms with van der Waals surface area (Å²) >= 11 is 5.12. The van der Waals surface area contributed by atoms with Crippen LogP contribution in [0.1, 0.15) is 26.3 Å². The molecule has 2 rings (SSSR count). The molecule has 20 heavy (non-hydrogen) atoms. The molecule has 0 saturated carbocycles. The van der Waals surface area contributed by atoms with Gasteiger partial charge in [-0.25, -0.2) is 9.97 Å². The van der Waals surface area contributed by atoms with E-state index >= 15 is 0 Å². The molecule has 0 amide bonds. The van der Waals surface area contributed by atoms with Crippen molar-refractivity contribution in [1.29, 1.82) is 0 Å². The molecular formula is C15H18BrN3S. The van der Waals surface area contributed by atoms with E-state index in [-0.39, 0.29) is 5.54 Å². The highest BCUT2D eigenvalue weighted by molar-refractivity contribution is 9.10. The molecule has 0 unspecified atom stereocenters. The lowest BCUT2D eigenvalue weighted by molar-refractivity contribution is 0.422. The first-order valence-corrected chi connectivity index (χ1v) is 8.03. The summed E-state index contributed by atoms with van der Waals surface area (Å²) in [7, 11) is 0. The van der Waals surface area contributed by atoms with Crippen molar-refractivity contribution in [3.05, 3.63) is 46.7 Å². The van der Waals surface area contributed by atoms with Crippen molar-refractivity contribution in [1.82, 2.24) is 15.3 Å². The third-order valence-corrected chi connectivity index (χ3v) is 4.08. The maximum Gasteiger partial charge on any atom is 0.192 e. The van der Waals surface area contributed by atoms with Crippen LogP contribution in [-0.4, -0.2) is 15.5 Å². The van der Waals surface area contributed by atoms with Gasteiger partial charge in [0.2, 0.25) is 0 Å². The van der Waals surface area contributed by atoms with E-state index in [1.54, 1.807) is 24.2 Å². The molecule has 1 aromatic carbocycles.